The highest BCUT2D eigenvalue weighted by Crippen LogP contribution is 2.53. The molecule has 0 heterocycles. The molecule has 116 valence electrons. The molecule has 2 heteroatoms. The first-order chi connectivity index (χ1) is 10.5. The largest absolute Gasteiger partial charge is 0.497 e. The van der Waals surface area contributed by atoms with Crippen LogP contribution < -0.4 is 4.74 Å². The van der Waals surface area contributed by atoms with Crippen LogP contribution >= 0.6 is 0 Å². The molecule has 2 nitrogen and oxygen atoms in total. The standard InChI is InChI=1S/C20H25NO/c1-13(2)10-15-7-6-14-8-9-20(3,21-4)18-12-16(22-5)11-17(15)19(14)18/h11-12,14-15H,1,6-10H2,2-3,5H3/t14-,15+,20-/m0/s1. The van der Waals surface area contributed by atoms with Crippen molar-refractivity contribution in [3.63, 3.8) is 0 Å². The van der Waals surface area contributed by atoms with E-state index in [1.54, 1.807) is 7.11 Å². The van der Waals surface area contributed by atoms with Gasteiger partial charge in [0, 0.05) is 18.9 Å². The van der Waals surface area contributed by atoms with Crippen LogP contribution in [0.15, 0.2) is 24.3 Å². The first kappa shape index (κ1) is 15.2. The lowest BCUT2D eigenvalue weighted by atomic mass is 9.64. The van der Waals surface area contributed by atoms with Crippen LogP contribution in [0.3, 0.4) is 0 Å². The number of benzene rings is 1. The second-order valence-corrected chi connectivity index (χ2v) is 7.23. The summed E-state index contributed by atoms with van der Waals surface area (Å²) < 4.78 is 5.55. The predicted octanol–water partition coefficient (Wildman–Crippen LogP) is 5.55. The van der Waals surface area contributed by atoms with Gasteiger partial charge >= 0.3 is 0 Å². The van der Waals surface area contributed by atoms with Crippen LogP contribution in [0.1, 0.15) is 74.5 Å². The summed E-state index contributed by atoms with van der Waals surface area (Å²) in [6, 6.07) is 4.33. The van der Waals surface area contributed by atoms with Crippen LogP contribution in [0, 0.1) is 6.57 Å². The Morgan fingerprint density at radius 1 is 1.41 bits per heavy atom. The van der Waals surface area contributed by atoms with Crippen molar-refractivity contribution in [1.29, 1.82) is 0 Å². The summed E-state index contributed by atoms with van der Waals surface area (Å²) in [5, 5.41) is 0. The number of hydrogen-bond donors (Lipinski definition) is 0. The molecule has 2 aliphatic rings. The third kappa shape index (κ3) is 2.33. The zero-order valence-corrected chi connectivity index (χ0v) is 13.9. The van der Waals surface area contributed by atoms with Crippen LogP contribution in [0.5, 0.6) is 5.75 Å². The summed E-state index contributed by atoms with van der Waals surface area (Å²) in [6.45, 7) is 16.0. The maximum atomic E-state index is 7.70. The van der Waals surface area contributed by atoms with Crippen molar-refractivity contribution >= 4 is 0 Å². The lowest BCUT2D eigenvalue weighted by molar-refractivity contribution is 0.363. The topological polar surface area (TPSA) is 13.6 Å². The Balaban J connectivity index is 2.20. The molecule has 0 aromatic heterocycles. The second kappa shape index (κ2) is 5.47. The van der Waals surface area contributed by atoms with E-state index in [2.05, 4.69) is 37.4 Å². The molecule has 0 aliphatic heterocycles. The fourth-order valence-electron chi connectivity index (χ4n) is 4.33. The predicted molar refractivity (Wildman–Crippen MR) is 90.3 cm³/mol. The number of nitrogens with zero attached hydrogens (tertiary/aromatic N) is 1. The van der Waals surface area contributed by atoms with E-state index in [0.717, 1.165) is 25.0 Å². The number of rotatable bonds is 3. The van der Waals surface area contributed by atoms with E-state index in [1.807, 2.05) is 0 Å². The number of allylic oxidation sites excluding steroid dienone is 1. The molecule has 0 radical (unpaired) electrons. The van der Waals surface area contributed by atoms with Crippen molar-refractivity contribution in [1.82, 2.24) is 0 Å². The lowest BCUT2D eigenvalue weighted by Crippen LogP contribution is -2.30. The second-order valence-electron chi connectivity index (χ2n) is 7.23. The quantitative estimate of drug-likeness (QED) is 0.526. The van der Waals surface area contributed by atoms with Crippen LogP contribution in [0.25, 0.3) is 4.85 Å². The highest BCUT2D eigenvalue weighted by Gasteiger charge is 2.45. The Morgan fingerprint density at radius 3 is 2.82 bits per heavy atom. The van der Waals surface area contributed by atoms with E-state index < -0.39 is 0 Å². The van der Waals surface area contributed by atoms with Crippen molar-refractivity contribution in [2.45, 2.75) is 63.3 Å². The Kier molecular flexibility index (Phi) is 3.77. The summed E-state index contributed by atoms with van der Waals surface area (Å²) >= 11 is 0. The van der Waals surface area contributed by atoms with Gasteiger partial charge in [-0.05, 0) is 67.7 Å². The van der Waals surface area contributed by atoms with Gasteiger partial charge in [-0.15, -0.1) is 6.58 Å². The molecule has 2 aliphatic carbocycles. The Morgan fingerprint density at radius 2 is 2.18 bits per heavy atom. The van der Waals surface area contributed by atoms with Crippen molar-refractivity contribution in [3.8, 4) is 5.75 Å². The molecule has 0 spiro atoms. The van der Waals surface area contributed by atoms with Gasteiger partial charge in [0.25, 0.3) is 5.54 Å². The molecule has 0 bridgehead atoms. The number of ether oxygens (including phenoxy) is 1. The van der Waals surface area contributed by atoms with Gasteiger partial charge < -0.3 is 9.58 Å². The van der Waals surface area contributed by atoms with Crippen molar-refractivity contribution in [2.24, 2.45) is 0 Å². The van der Waals surface area contributed by atoms with Gasteiger partial charge in [-0.2, -0.15) is 0 Å². The molecule has 1 aromatic carbocycles. The minimum absolute atomic E-state index is 0.389. The van der Waals surface area contributed by atoms with Gasteiger partial charge in [0.05, 0.1) is 7.11 Å². The molecule has 0 fully saturated rings. The molecule has 22 heavy (non-hydrogen) atoms. The summed E-state index contributed by atoms with van der Waals surface area (Å²) in [4.78, 5) is 3.99. The first-order valence-electron chi connectivity index (χ1n) is 8.24. The molecule has 0 amide bonds. The van der Waals surface area contributed by atoms with Gasteiger partial charge in [0.1, 0.15) is 5.75 Å². The molecule has 0 unspecified atom stereocenters. The molecule has 0 saturated carbocycles. The zero-order valence-electron chi connectivity index (χ0n) is 13.9. The van der Waals surface area contributed by atoms with Crippen LogP contribution in [0.2, 0.25) is 0 Å². The van der Waals surface area contributed by atoms with Gasteiger partial charge in [-0.25, -0.2) is 6.57 Å². The van der Waals surface area contributed by atoms with E-state index >= 15 is 0 Å². The fourth-order valence-corrected chi connectivity index (χ4v) is 4.33. The van der Waals surface area contributed by atoms with Crippen molar-refractivity contribution in [2.75, 3.05) is 7.11 Å². The summed E-state index contributed by atoms with van der Waals surface area (Å²) in [5.41, 5.74) is 4.95. The molecule has 0 N–H and O–H groups in total. The van der Waals surface area contributed by atoms with E-state index in [1.165, 1.54) is 35.1 Å². The average Bonchev–Trinajstić information content (AvgIpc) is 2.52. The molecule has 0 saturated heterocycles. The highest BCUT2D eigenvalue weighted by molar-refractivity contribution is 5.52. The number of methoxy groups -OCH3 is 1. The monoisotopic (exact) mass is 295 g/mol. The smallest absolute Gasteiger partial charge is 0.255 e. The Labute approximate surface area is 134 Å². The maximum Gasteiger partial charge on any atom is 0.255 e. The van der Waals surface area contributed by atoms with E-state index in [9.17, 15) is 0 Å². The van der Waals surface area contributed by atoms with Gasteiger partial charge in [-0.3, -0.25) is 0 Å². The van der Waals surface area contributed by atoms with Gasteiger partial charge in [0.15, 0.2) is 0 Å². The maximum absolute atomic E-state index is 7.70. The molecule has 1 aromatic rings. The average molecular weight is 295 g/mol. The van der Waals surface area contributed by atoms with Gasteiger partial charge in [-0.1, -0.05) is 5.57 Å². The molecular weight excluding hydrogens is 270 g/mol. The molecular formula is C20H25NO. The third-order valence-electron chi connectivity index (χ3n) is 5.53. The third-order valence-corrected chi connectivity index (χ3v) is 5.53. The van der Waals surface area contributed by atoms with Crippen LogP contribution in [-0.2, 0) is 5.54 Å². The minimum atomic E-state index is -0.389. The zero-order chi connectivity index (χ0) is 15.9. The SMILES string of the molecule is [C-]#[N+][C@@]1(C)CC[C@@H]2CC[C@H](CC(=C)C)c3cc(OC)cc1c32. The van der Waals surface area contributed by atoms with Crippen LogP contribution in [-0.4, -0.2) is 7.11 Å². The van der Waals surface area contributed by atoms with E-state index in [4.69, 9.17) is 11.3 Å². The molecule has 3 atom stereocenters. The van der Waals surface area contributed by atoms with E-state index in [-0.39, 0.29) is 5.54 Å². The Bertz CT molecular complexity index is 654. The van der Waals surface area contributed by atoms with Crippen molar-refractivity contribution in [3.05, 3.63) is 52.4 Å². The Hall–Kier alpha value is -1.75. The highest BCUT2D eigenvalue weighted by atomic mass is 16.5. The minimum Gasteiger partial charge on any atom is -0.497 e. The molecule has 3 rings (SSSR count). The normalized spacial score (nSPS) is 29.4. The fraction of sp³-hybridized carbons (Fsp3) is 0.550. The first-order valence-corrected chi connectivity index (χ1v) is 8.24. The summed E-state index contributed by atoms with van der Waals surface area (Å²) in [5.74, 6) is 2.07. The van der Waals surface area contributed by atoms with Crippen molar-refractivity contribution < 1.29 is 4.74 Å². The van der Waals surface area contributed by atoms with Crippen LogP contribution in [0.4, 0.5) is 0 Å². The summed E-state index contributed by atoms with van der Waals surface area (Å²) in [6.07, 6.45) is 5.63. The summed E-state index contributed by atoms with van der Waals surface area (Å²) in [7, 11) is 1.72. The van der Waals surface area contributed by atoms with E-state index in [0.29, 0.717) is 11.8 Å². The van der Waals surface area contributed by atoms with Gasteiger partial charge in [0.2, 0.25) is 0 Å². The number of hydrogen-bond acceptors (Lipinski definition) is 1. The lowest BCUT2D eigenvalue weighted by Gasteiger charge is -2.39.